The minimum atomic E-state index is -0.293. The van der Waals surface area contributed by atoms with Gasteiger partial charge >= 0.3 is 0 Å². The molecule has 1 aromatic carbocycles. The molecule has 1 N–H and O–H groups in total. The molecule has 0 radical (unpaired) electrons. The van der Waals surface area contributed by atoms with Crippen LogP contribution in [0, 0.1) is 0 Å². The molecule has 23 heavy (non-hydrogen) atoms. The van der Waals surface area contributed by atoms with E-state index in [2.05, 4.69) is 10.3 Å². The fourth-order valence-corrected chi connectivity index (χ4v) is 2.69. The average molecular weight is 312 g/mol. The van der Waals surface area contributed by atoms with E-state index in [9.17, 15) is 9.59 Å². The summed E-state index contributed by atoms with van der Waals surface area (Å²) < 4.78 is 1.76. The summed E-state index contributed by atoms with van der Waals surface area (Å²) in [7, 11) is 0. The third kappa shape index (κ3) is 3.41. The van der Waals surface area contributed by atoms with Crippen molar-refractivity contribution in [2.75, 3.05) is 11.4 Å². The summed E-state index contributed by atoms with van der Waals surface area (Å²) in [6, 6.07) is 7.47. The molecule has 3 rings (SSSR count). The highest BCUT2D eigenvalue weighted by atomic mass is 16.2. The Balaban J connectivity index is 1.56. The zero-order valence-electron chi connectivity index (χ0n) is 13.1. The van der Waals surface area contributed by atoms with Gasteiger partial charge in [0, 0.05) is 37.6 Å². The van der Waals surface area contributed by atoms with Crippen molar-refractivity contribution in [1.82, 2.24) is 14.9 Å². The zero-order chi connectivity index (χ0) is 16.2. The van der Waals surface area contributed by atoms with E-state index in [1.807, 2.05) is 36.1 Å². The number of nitrogens with zero attached hydrogens (tertiary/aromatic N) is 3. The van der Waals surface area contributed by atoms with Gasteiger partial charge in [0.15, 0.2) is 0 Å². The van der Waals surface area contributed by atoms with Crippen LogP contribution in [0.4, 0.5) is 5.69 Å². The van der Waals surface area contributed by atoms with Gasteiger partial charge in [0.2, 0.25) is 11.8 Å². The molecule has 1 aliphatic heterocycles. The number of hydrogen-bond acceptors (Lipinski definition) is 3. The lowest BCUT2D eigenvalue weighted by Gasteiger charge is -2.16. The Morgan fingerprint density at radius 2 is 2.13 bits per heavy atom. The van der Waals surface area contributed by atoms with Crippen molar-refractivity contribution in [2.24, 2.45) is 0 Å². The monoisotopic (exact) mass is 312 g/mol. The molecule has 2 aromatic rings. The van der Waals surface area contributed by atoms with Crippen LogP contribution in [0.1, 0.15) is 31.4 Å². The molecule has 1 aromatic heterocycles. The maximum absolute atomic E-state index is 12.1. The van der Waals surface area contributed by atoms with E-state index in [1.165, 1.54) is 0 Å². The van der Waals surface area contributed by atoms with Gasteiger partial charge in [-0.1, -0.05) is 12.1 Å². The van der Waals surface area contributed by atoms with Crippen LogP contribution in [0.15, 0.2) is 43.0 Å². The average Bonchev–Trinajstić information content (AvgIpc) is 3.24. The van der Waals surface area contributed by atoms with Gasteiger partial charge in [0.25, 0.3) is 0 Å². The lowest BCUT2D eigenvalue weighted by Crippen LogP contribution is -2.30. The van der Waals surface area contributed by atoms with Crippen LogP contribution in [0.3, 0.4) is 0 Å². The van der Waals surface area contributed by atoms with E-state index in [1.54, 1.807) is 23.3 Å². The third-order valence-corrected chi connectivity index (χ3v) is 4.14. The van der Waals surface area contributed by atoms with E-state index < -0.39 is 0 Å². The van der Waals surface area contributed by atoms with Crippen LogP contribution in [0.2, 0.25) is 0 Å². The van der Waals surface area contributed by atoms with Gasteiger partial charge in [0.1, 0.15) is 6.04 Å². The first-order valence-corrected chi connectivity index (χ1v) is 7.79. The summed E-state index contributed by atoms with van der Waals surface area (Å²) in [6.45, 7) is 3.09. The standard InChI is InChI=1S/C17H20N4O2/c1-13(20-10-8-18-12-20)17(23)19-11-14-4-6-15(7-5-14)21-9-2-3-16(21)22/h4-8,10,12-13H,2-3,9,11H2,1H3,(H,19,23). The van der Waals surface area contributed by atoms with E-state index in [4.69, 9.17) is 0 Å². The van der Waals surface area contributed by atoms with Crippen LogP contribution in [0.5, 0.6) is 0 Å². The van der Waals surface area contributed by atoms with Gasteiger partial charge in [0.05, 0.1) is 6.33 Å². The minimum Gasteiger partial charge on any atom is -0.350 e. The number of imidazole rings is 1. The summed E-state index contributed by atoms with van der Waals surface area (Å²) in [4.78, 5) is 29.6. The highest BCUT2D eigenvalue weighted by Crippen LogP contribution is 2.21. The van der Waals surface area contributed by atoms with Crippen LogP contribution in [0.25, 0.3) is 0 Å². The smallest absolute Gasteiger partial charge is 0.243 e. The predicted molar refractivity (Wildman–Crippen MR) is 86.8 cm³/mol. The second-order valence-electron chi connectivity index (χ2n) is 5.72. The van der Waals surface area contributed by atoms with Crippen LogP contribution in [-0.4, -0.2) is 27.9 Å². The molecular formula is C17H20N4O2. The Morgan fingerprint density at radius 3 is 2.74 bits per heavy atom. The second-order valence-corrected chi connectivity index (χ2v) is 5.72. The number of rotatable bonds is 5. The molecule has 0 bridgehead atoms. The minimum absolute atomic E-state index is 0.0539. The first-order valence-electron chi connectivity index (χ1n) is 7.79. The van der Waals surface area contributed by atoms with E-state index in [-0.39, 0.29) is 17.9 Å². The molecule has 2 heterocycles. The van der Waals surface area contributed by atoms with Gasteiger partial charge in [-0.05, 0) is 31.0 Å². The number of aromatic nitrogens is 2. The first kappa shape index (κ1) is 15.3. The normalized spacial score (nSPS) is 15.7. The quantitative estimate of drug-likeness (QED) is 0.917. The number of amides is 2. The number of carbonyl (C=O) groups is 2. The molecule has 1 atom stereocenters. The molecule has 2 amide bonds. The maximum atomic E-state index is 12.1. The molecular weight excluding hydrogens is 292 g/mol. The summed E-state index contributed by atoms with van der Waals surface area (Å²) >= 11 is 0. The van der Waals surface area contributed by atoms with Crippen LogP contribution in [-0.2, 0) is 16.1 Å². The molecule has 120 valence electrons. The van der Waals surface area contributed by atoms with Gasteiger partial charge in [-0.2, -0.15) is 0 Å². The van der Waals surface area contributed by atoms with Crippen molar-refractivity contribution in [3.8, 4) is 0 Å². The molecule has 0 aliphatic carbocycles. The van der Waals surface area contributed by atoms with Crippen molar-refractivity contribution in [3.05, 3.63) is 48.5 Å². The molecule has 1 saturated heterocycles. The summed E-state index contributed by atoms with van der Waals surface area (Å²) in [5.74, 6) is 0.127. The van der Waals surface area contributed by atoms with Gasteiger partial charge in [-0.15, -0.1) is 0 Å². The zero-order valence-corrected chi connectivity index (χ0v) is 13.1. The molecule has 1 fully saturated rings. The number of carbonyl (C=O) groups excluding carboxylic acids is 2. The number of nitrogens with one attached hydrogen (secondary N) is 1. The molecule has 1 aliphatic rings. The van der Waals surface area contributed by atoms with E-state index in [0.29, 0.717) is 13.0 Å². The molecule has 0 saturated carbocycles. The van der Waals surface area contributed by atoms with Gasteiger partial charge in [-0.25, -0.2) is 4.98 Å². The molecule has 6 heteroatoms. The highest BCUT2D eigenvalue weighted by molar-refractivity contribution is 5.95. The summed E-state index contributed by atoms with van der Waals surface area (Å²) in [6.07, 6.45) is 6.60. The molecule has 6 nitrogen and oxygen atoms in total. The number of benzene rings is 1. The predicted octanol–water partition coefficient (Wildman–Crippen LogP) is 1.89. The fraction of sp³-hybridized carbons (Fsp3) is 0.353. The lowest BCUT2D eigenvalue weighted by molar-refractivity contribution is -0.124. The fourth-order valence-electron chi connectivity index (χ4n) is 2.69. The van der Waals surface area contributed by atoms with Crippen molar-refractivity contribution in [3.63, 3.8) is 0 Å². The third-order valence-electron chi connectivity index (χ3n) is 4.14. The van der Waals surface area contributed by atoms with Crippen molar-refractivity contribution in [1.29, 1.82) is 0 Å². The topological polar surface area (TPSA) is 67.2 Å². The summed E-state index contributed by atoms with van der Waals surface area (Å²) in [5.41, 5.74) is 1.93. The maximum Gasteiger partial charge on any atom is 0.243 e. The van der Waals surface area contributed by atoms with Gasteiger partial charge < -0.3 is 14.8 Å². The first-order chi connectivity index (χ1) is 11.1. The Hall–Kier alpha value is -2.63. The van der Waals surface area contributed by atoms with E-state index >= 15 is 0 Å². The Morgan fingerprint density at radius 1 is 1.35 bits per heavy atom. The molecule has 1 unspecified atom stereocenters. The number of anilines is 1. The Labute approximate surface area is 135 Å². The van der Waals surface area contributed by atoms with Crippen molar-refractivity contribution in [2.45, 2.75) is 32.4 Å². The van der Waals surface area contributed by atoms with Gasteiger partial charge in [-0.3, -0.25) is 9.59 Å². The van der Waals surface area contributed by atoms with Crippen LogP contribution >= 0.6 is 0 Å². The second kappa shape index (κ2) is 6.64. The largest absolute Gasteiger partial charge is 0.350 e. The molecule has 0 spiro atoms. The SMILES string of the molecule is CC(C(=O)NCc1ccc(N2CCCC2=O)cc1)n1ccnc1. The van der Waals surface area contributed by atoms with Crippen molar-refractivity contribution < 1.29 is 9.59 Å². The van der Waals surface area contributed by atoms with Crippen molar-refractivity contribution >= 4 is 17.5 Å². The Bertz CT molecular complexity index is 679. The van der Waals surface area contributed by atoms with Crippen LogP contribution < -0.4 is 10.2 Å². The Kier molecular flexibility index (Phi) is 4.41. The van der Waals surface area contributed by atoms with E-state index in [0.717, 1.165) is 24.2 Å². The lowest BCUT2D eigenvalue weighted by atomic mass is 10.2. The summed E-state index contributed by atoms with van der Waals surface area (Å²) in [5, 5.41) is 2.92. The number of hydrogen-bond donors (Lipinski definition) is 1. The highest BCUT2D eigenvalue weighted by Gasteiger charge is 2.21.